The molecule has 0 aliphatic rings. The van der Waals surface area contributed by atoms with Gasteiger partial charge in [-0.25, -0.2) is 5.14 Å². The summed E-state index contributed by atoms with van der Waals surface area (Å²) in [4.78, 5) is 0. The van der Waals surface area contributed by atoms with E-state index in [0.717, 1.165) is 5.69 Å². The fourth-order valence-electron chi connectivity index (χ4n) is 0.942. The van der Waals surface area contributed by atoms with E-state index in [1.165, 1.54) is 0 Å². The topological polar surface area (TPSA) is 87.2 Å². The molecule has 0 saturated heterocycles. The van der Waals surface area contributed by atoms with Gasteiger partial charge in [-0.3, -0.25) is 8.86 Å². The molecule has 0 aliphatic heterocycles. The molecule has 1 heterocycles. The van der Waals surface area contributed by atoms with Crippen LogP contribution in [0.4, 0.5) is 0 Å². The monoisotopic (exact) mass is 205 g/mol. The molecule has 0 atom stereocenters. The van der Waals surface area contributed by atoms with E-state index < -0.39 is 10.3 Å². The molecule has 7 heteroatoms. The minimum atomic E-state index is -3.87. The van der Waals surface area contributed by atoms with Gasteiger partial charge in [0.2, 0.25) is 0 Å². The smallest absolute Gasteiger partial charge is 0.270 e. The zero-order valence-corrected chi connectivity index (χ0v) is 8.21. The Morgan fingerprint density at radius 3 is 2.69 bits per heavy atom. The second kappa shape index (κ2) is 3.44. The molecule has 1 aromatic heterocycles. The molecule has 0 bridgehead atoms. The fourth-order valence-corrected chi connectivity index (χ4v) is 1.23. The van der Waals surface area contributed by atoms with Crippen LogP contribution in [-0.2, 0) is 28.1 Å². The van der Waals surface area contributed by atoms with Crippen LogP contribution < -0.4 is 5.14 Å². The lowest BCUT2D eigenvalue weighted by atomic mass is 10.4. The van der Waals surface area contributed by atoms with Gasteiger partial charge >= 0.3 is 10.3 Å². The SMILES string of the molecule is Cc1cc(COS(N)(=O)=O)n(C)n1. The maximum atomic E-state index is 10.4. The predicted molar refractivity (Wildman–Crippen MR) is 45.8 cm³/mol. The Morgan fingerprint density at radius 2 is 2.31 bits per heavy atom. The zero-order chi connectivity index (χ0) is 10.1. The summed E-state index contributed by atoms with van der Waals surface area (Å²) in [5.74, 6) is 0. The zero-order valence-electron chi connectivity index (χ0n) is 7.39. The van der Waals surface area contributed by atoms with E-state index in [4.69, 9.17) is 0 Å². The summed E-state index contributed by atoms with van der Waals surface area (Å²) >= 11 is 0. The molecule has 0 saturated carbocycles. The number of aryl methyl sites for hydroxylation is 2. The summed E-state index contributed by atoms with van der Waals surface area (Å²) < 4.78 is 26.8. The molecule has 6 nitrogen and oxygen atoms in total. The van der Waals surface area contributed by atoms with Crippen molar-refractivity contribution in [1.82, 2.24) is 9.78 Å². The number of nitrogens with two attached hydrogens (primary N) is 1. The Morgan fingerprint density at radius 1 is 1.69 bits per heavy atom. The van der Waals surface area contributed by atoms with E-state index in [1.54, 1.807) is 24.7 Å². The van der Waals surface area contributed by atoms with Gasteiger partial charge in [-0.05, 0) is 13.0 Å². The first-order chi connectivity index (χ1) is 5.88. The largest absolute Gasteiger partial charge is 0.333 e. The van der Waals surface area contributed by atoms with Crippen molar-refractivity contribution >= 4 is 10.3 Å². The highest BCUT2D eigenvalue weighted by atomic mass is 32.2. The third-order valence-corrected chi connectivity index (χ3v) is 1.92. The minimum absolute atomic E-state index is 0.0871. The van der Waals surface area contributed by atoms with Crippen molar-refractivity contribution in [2.75, 3.05) is 0 Å². The average Bonchev–Trinajstić information content (AvgIpc) is 2.24. The highest BCUT2D eigenvalue weighted by Gasteiger charge is 2.06. The van der Waals surface area contributed by atoms with Crippen LogP contribution in [0.15, 0.2) is 6.07 Å². The van der Waals surface area contributed by atoms with Crippen LogP contribution in [0.25, 0.3) is 0 Å². The number of hydrogen-bond donors (Lipinski definition) is 1. The van der Waals surface area contributed by atoms with Crippen molar-refractivity contribution < 1.29 is 12.6 Å². The van der Waals surface area contributed by atoms with Gasteiger partial charge in [0, 0.05) is 7.05 Å². The first-order valence-corrected chi connectivity index (χ1v) is 5.02. The van der Waals surface area contributed by atoms with Crippen LogP contribution in [0, 0.1) is 6.92 Å². The van der Waals surface area contributed by atoms with Crippen LogP contribution in [-0.4, -0.2) is 18.2 Å². The molecule has 0 unspecified atom stereocenters. The molecule has 0 amide bonds. The van der Waals surface area contributed by atoms with E-state index in [2.05, 4.69) is 14.4 Å². The maximum absolute atomic E-state index is 10.4. The summed E-state index contributed by atoms with van der Waals surface area (Å²) in [5.41, 5.74) is 1.46. The van der Waals surface area contributed by atoms with Crippen molar-refractivity contribution in [3.05, 3.63) is 17.5 Å². The number of aromatic nitrogens is 2. The highest BCUT2D eigenvalue weighted by Crippen LogP contribution is 2.04. The molecular weight excluding hydrogens is 194 g/mol. The normalized spacial score (nSPS) is 11.9. The molecule has 2 N–H and O–H groups in total. The summed E-state index contributed by atoms with van der Waals surface area (Å²) in [6.45, 7) is 1.72. The Labute approximate surface area is 76.6 Å². The minimum Gasteiger partial charge on any atom is -0.270 e. The average molecular weight is 205 g/mol. The summed E-state index contributed by atoms with van der Waals surface area (Å²) in [5, 5.41) is 8.67. The lowest BCUT2D eigenvalue weighted by molar-refractivity contribution is 0.298. The standard InChI is InChI=1S/C6H11N3O3S/c1-5-3-6(9(2)8-5)4-12-13(7,10)11/h3H,4H2,1-2H3,(H2,7,10,11). The van der Waals surface area contributed by atoms with E-state index in [1.807, 2.05) is 0 Å². The number of hydrogen-bond acceptors (Lipinski definition) is 4. The molecule has 0 radical (unpaired) electrons. The highest BCUT2D eigenvalue weighted by molar-refractivity contribution is 7.84. The first kappa shape index (κ1) is 10.2. The third kappa shape index (κ3) is 3.13. The van der Waals surface area contributed by atoms with Crippen molar-refractivity contribution in [2.24, 2.45) is 12.2 Å². The lowest BCUT2D eigenvalue weighted by Gasteiger charge is -2.00. The third-order valence-electron chi connectivity index (χ3n) is 1.47. The molecule has 0 fully saturated rings. The van der Waals surface area contributed by atoms with Crippen LogP contribution in [0.3, 0.4) is 0 Å². The molecule has 74 valence electrons. The van der Waals surface area contributed by atoms with Gasteiger partial charge in [-0.15, -0.1) is 0 Å². The molecule has 13 heavy (non-hydrogen) atoms. The van der Waals surface area contributed by atoms with Gasteiger partial charge in [-0.2, -0.15) is 13.5 Å². The first-order valence-electron chi connectivity index (χ1n) is 3.55. The second-order valence-corrected chi connectivity index (χ2v) is 3.88. The Kier molecular flexibility index (Phi) is 2.69. The van der Waals surface area contributed by atoms with Crippen LogP contribution in [0.1, 0.15) is 11.4 Å². The Balaban J connectivity index is 2.70. The van der Waals surface area contributed by atoms with Crippen LogP contribution in [0.5, 0.6) is 0 Å². The summed E-state index contributed by atoms with van der Waals surface area (Å²) in [6.07, 6.45) is 0. The van der Waals surface area contributed by atoms with Crippen molar-refractivity contribution in [1.29, 1.82) is 0 Å². The molecular formula is C6H11N3O3S. The lowest BCUT2D eigenvalue weighted by Crippen LogP contribution is -2.16. The molecule has 0 spiro atoms. The van der Waals surface area contributed by atoms with E-state index in [-0.39, 0.29) is 6.61 Å². The molecule has 1 rings (SSSR count). The van der Waals surface area contributed by atoms with Crippen molar-refractivity contribution in [3.8, 4) is 0 Å². The molecule has 0 aromatic carbocycles. The number of rotatable bonds is 3. The molecule has 0 aliphatic carbocycles. The maximum Gasteiger partial charge on any atom is 0.333 e. The van der Waals surface area contributed by atoms with Crippen LogP contribution in [0.2, 0.25) is 0 Å². The van der Waals surface area contributed by atoms with Gasteiger partial charge in [0.1, 0.15) is 6.61 Å². The Bertz CT molecular complexity index is 395. The predicted octanol–water partition coefficient (Wildman–Crippen LogP) is -0.551. The van der Waals surface area contributed by atoms with Gasteiger partial charge < -0.3 is 0 Å². The fraction of sp³-hybridized carbons (Fsp3) is 0.500. The number of nitrogens with zero attached hydrogens (tertiary/aromatic N) is 2. The van der Waals surface area contributed by atoms with E-state index in [9.17, 15) is 8.42 Å². The second-order valence-electron chi connectivity index (χ2n) is 2.66. The summed E-state index contributed by atoms with van der Waals surface area (Å²) in [7, 11) is -2.17. The van der Waals surface area contributed by atoms with Crippen LogP contribution >= 0.6 is 0 Å². The van der Waals surface area contributed by atoms with Gasteiger partial charge in [0.05, 0.1) is 11.4 Å². The quantitative estimate of drug-likeness (QED) is 0.717. The van der Waals surface area contributed by atoms with E-state index in [0.29, 0.717) is 5.69 Å². The van der Waals surface area contributed by atoms with Gasteiger partial charge in [-0.1, -0.05) is 0 Å². The van der Waals surface area contributed by atoms with Crippen molar-refractivity contribution in [2.45, 2.75) is 13.5 Å². The molecule has 1 aromatic rings. The van der Waals surface area contributed by atoms with Crippen molar-refractivity contribution in [3.63, 3.8) is 0 Å². The Hall–Kier alpha value is -0.920. The van der Waals surface area contributed by atoms with Gasteiger partial charge in [0.25, 0.3) is 0 Å². The van der Waals surface area contributed by atoms with Gasteiger partial charge in [0.15, 0.2) is 0 Å². The summed E-state index contributed by atoms with van der Waals surface area (Å²) in [6, 6.07) is 1.73. The van der Waals surface area contributed by atoms with E-state index >= 15 is 0 Å².